The van der Waals surface area contributed by atoms with Gasteiger partial charge < -0.3 is 0 Å². The summed E-state index contributed by atoms with van der Waals surface area (Å²) in [5.74, 6) is 0. The Hall–Kier alpha value is 0.150. The molecule has 2 unspecified atom stereocenters. The van der Waals surface area contributed by atoms with E-state index in [2.05, 4.69) is 0 Å². The predicted molar refractivity (Wildman–Crippen MR) is 34.2 cm³/mol. The molecule has 0 aromatic heterocycles. The van der Waals surface area contributed by atoms with Crippen LogP contribution in [0.15, 0.2) is 0 Å². The number of hydrogen-bond donors (Lipinski definition) is 0. The Labute approximate surface area is 51.9 Å². The monoisotopic (exact) mass is 130 g/mol. The maximum atomic E-state index is 10.8. The average molecular weight is 130 g/mol. The molecule has 0 bridgehead atoms. The molecule has 0 radical (unpaired) electrons. The summed E-state index contributed by atoms with van der Waals surface area (Å²) in [6, 6.07) is 0. The number of rotatable bonds is 0. The van der Waals surface area contributed by atoms with Crippen LogP contribution in [0.1, 0.15) is 25.7 Å². The summed E-state index contributed by atoms with van der Waals surface area (Å²) in [6.45, 7) is 0. The van der Waals surface area contributed by atoms with E-state index in [1.807, 2.05) is 0 Å². The van der Waals surface area contributed by atoms with Crippen LogP contribution in [0, 0.1) is 0 Å². The summed E-state index contributed by atoms with van der Waals surface area (Å²) in [5.41, 5.74) is 0. The second kappa shape index (κ2) is 1.56. The van der Waals surface area contributed by atoms with E-state index in [1.54, 1.807) is 0 Å². The molecule has 1 heterocycles. The van der Waals surface area contributed by atoms with Gasteiger partial charge in [-0.15, -0.1) is 0 Å². The summed E-state index contributed by atoms with van der Waals surface area (Å²) < 4.78 is 10.8. The fourth-order valence-corrected chi connectivity index (χ4v) is 3.34. The third kappa shape index (κ3) is 0.555. The van der Waals surface area contributed by atoms with E-state index in [4.69, 9.17) is 0 Å². The third-order valence-electron chi connectivity index (χ3n) is 2.16. The Kier molecular flexibility index (Phi) is 0.973. The molecule has 0 aromatic carbocycles. The maximum Gasteiger partial charge on any atom is 0.0494 e. The minimum Gasteiger partial charge on any atom is -0.259 e. The highest BCUT2D eigenvalue weighted by Gasteiger charge is 2.48. The van der Waals surface area contributed by atoms with Gasteiger partial charge in [0.25, 0.3) is 0 Å². The van der Waals surface area contributed by atoms with Crippen LogP contribution >= 0.6 is 0 Å². The first-order valence-electron chi connectivity index (χ1n) is 3.29. The van der Waals surface area contributed by atoms with Crippen LogP contribution in [0.4, 0.5) is 0 Å². The van der Waals surface area contributed by atoms with E-state index < -0.39 is 0 Å². The smallest absolute Gasteiger partial charge is 0.0494 e. The van der Waals surface area contributed by atoms with Gasteiger partial charge in [-0.1, -0.05) is 12.8 Å². The lowest BCUT2D eigenvalue weighted by atomic mass is 10.0. The van der Waals surface area contributed by atoms with Crippen molar-refractivity contribution in [3.8, 4) is 0 Å². The predicted octanol–water partition coefficient (Wildman–Crippen LogP) is 1.06. The van der Waals surface area contributed by atoms with Gasteiger partial charge >= 0.3 is 0 Å². The van der Waals surface area contributed by atoms with Crippen molar-refractivity contribution in [1.82, 2.24) is 0 Å². The fraction of sp³-hybridized carbons (Fsp3) is 1.00. The Morgan fingerprint density at radius 1 is 1.12 bits per heavy atom. The summed E-state index contributed by atoms with van der Waals surface area (Å²) in [4.78, 5) is 0. The zero-order valence-corrected chi connectivity index (χ0v) is 5.62. The second-order valence-electron chi connectivity index (χ2n) is 2.69. The molecule has 8 heavy (non-hydrogen) atoms. The lowest BCUT2D eigenvalue weighted by Crippen LogP contribution is -2.00. The van der Waals surface area contributed by atoms with Crippen molar-refractivity contribution in [2.24, 2.45) is 0 Å². The van der Waals surface area contributed by atoms with Crippen molar-refractivity contribution in [1.29, 1.82) is 0 Å². The summed E-state index contributed by atoms with van der Waals surface area (Å²) in [6.07, 6.45) is 5.15. The van der Waals surface area contributed by atoms with E-state index >= 15 is 0 Å². The number of fused-ring (bicyclic) bond motifs is 1. The molecule has 2 fully saturated rings. The zero-order chi connectivity index (χ0) is 5.56. The lowest BCUT2D eigenvalue weighted by Gasteiger charge is -2.01. The molecule has 1 aliphatic heterocycles. The van der Waals surface area contributed by atoms with Crippen LogP contribution in [0.25, 0.3) is 0 Å². The van der Waals surface area contributed by atoms with Gasteiger partial charge in [-0.05, 0) is 12.8 Å². The molecule has 46 valence electrons. The lowest BCUT2D eigenvalue weighted by molar-refractivity contribution is 0.571. The van der Waals surface area contributed by atoms with Crippen LogP contribution in [0.5, 0.6) is 0 Å². The van der Waals surface area contributed by atoms with Crippen molar-refractivity contribution in [3.05, 3.63) is 0 Å². The Balaban J connectivity index is 2.07. The van der Waals surface area contributed by atoms with E-state index in [9.17, 15) is 4.21 Å². The molecule has 2 aliphatic rings. The highest BCUT2D eigenvalue weighted by Crippen LogP contribution is 2.40. The SMILES string of the molecule is O=S1C2CCCCC21. The Bertz CT molecular complexity index is 118. The van der Waals surface area contributed by atoms with Crippen molar-refractivity contribution >= 4 is 10.8 Å². The standard InChI is InChI=1S/C6H10OS/c7-8-5-3-1-2-4-6(5)8/h5-6H,1-4H2. The highest BCUT2D eigenvalue weighted by molar-refractivity contribution is 7.93. The molecule has 2 atom stereocenters. The van der Waals surface area contributed by atoms with Crippen LogP contribution in [0.2, 0.25) is 0 Å². The molecular weight excluding hydrogens is 120 g/mol. The molecule has 0 N–H and O–H groups in total. The molecule has 1 nitrogen and oxygen atoms in total. The van der Waals surface area contributed by atoms with Crippen LogP contribution in [-0.4, -0.2) is 14.7 Å². The van der Waals surface area contributed by atoms with E-state index in [1.165, 1.54) is 25.7 Å². The summed E-state index contributed by atoms with van der Waals surface area (Å²) in [5, 5.41) is 1.28. The first-order chi connectivity index (χ1) is 3.89. The zero-order valence-electron chi connectivity index (χ0n) is 4.80. The molecule has 2 heteroatoms. The van der Waals surface area contributed by atoms with Crippen molar-refractivity contribution in [3.63, 3.8) is 0 Å². The Morgan fingerprint density at radius 2 is 1.62 bits per heavy atom. The first-order valence-corrected chi connectivity index (χ1v) is 4.56. The molecule has 0 amide bonds. The van der Waals surface area contributed by atoms with Crippen molar-refractivity contribution < 1.29 is 4.21 Å². The van der Waals surface area contributed by atoms with Gasteiger partial charge in [0.1, 0.15) is 0 Å². The van der Waals surface area contributed by atoms with Gasteiger partial charge in [0.15, 0.2) is 0 Å². The number of hydrogen-bond acceptors (Lipinski definition) is 1. The summed E-state index contributed by atoms with van der Waals surface area (Å²) >= 11 is 0. The van der Waals surface area contributed by atoms with E-state index in [0.29, 0.717) is 10.5 Å². The van der Waals surface area contributed by atoms with Crippen LogP contribution in [0.3, 0.4) is 0 Å². The summed E-state index contributed by atoms with van der Waals surface area (Å²) in [7, 11) is -0.374. The quantitative estimate of drug-likeness (QED) is 0.448. The molecule has 2 rings (SSSR count). The normalized spacial score (nSPS) is 52.8. The molecule has 1 saturated carbocycles. The van der Waals surface area contributed by atoms with E-state index in [-0.39, 0.29) is 10.8 Å². The van der Waals surface area contributed by atoms with Gasteiger partial charge in [0.2, 0.25) is 0 Å². The molecule has 1 aliphatic carbocycles. The molecule has 1 saturated heterocycles. The van der Waals surface area contributed by atoms with Gasteiger partial charge in [0.05, 0.1) is 0 Å². The van der Waals surface area contributed by atoms with Crippen LogP contribution in [-0.2, 0) is 10.8 Å². The van der Waals surface area contributed by atoms with Gasteiger partial charge in [0, 0.05) is 21.3 Å². The largest absolute Gasteiger partial charge is 0.259 e. The second-order valence-corrected chi connectivity index (χ2v) is 4.56. The van der Waals surface area contributed by atoms with Gasteiger partial charge in [-0.25, -0.2) is 0 Å². The van der Waals surface area contributed by atoms with Gasteiger partial charge in [-0.2, -0.15) is 0 Å². The van der Waals surface area contributed by atoms with Gasteiger partial charge in [-0.3, -0.25) is 4.21 Å². The molecule has 0 spiro atoms. The Morgan fingerprint density at radius 3 is 2.00 bits per heavy atom. The first kappa shape index (κ1) is 4.98. The topological polar surface area (TPSA) is 17.1 Å². The van der Waals surface area contributed by atoms with Crippen LogP contribution < -0.4 is 0 Å². The third-order valence-corrected chi connectivity index (χ3v) is 4.17. The molecular formula is C6H10OS. The fourth-order valence-electron chi connectivity index (χ4n) is 1.58. The van der Waals surface area contributed by atoms with Crippen molar-refractivity contribution in [2.75, 3.05) is 0 Å². The van der Waals surface area contributed by atoms with E-state index in [0.717, 1.165) is 0 Å². The minimum absolute atomic E-state index is 0.374. The average Bonchev–Trinajstić information content (AvgIpc) is 2.46. The highest BCUT2D eigenvalue weighted by atomic mass is 32.2. The molecule has 0 aromatic rings. The maximum absolute atomic E-state index is 10.8. The van der Waals surface area contributed by atoms with Crippen molar-refractivity contribution in [2.45, 2.75) is 36.2 Å². The minimum atomic E-state index is -0.374.